The van der Waals surface area contributed by atoms with Gasteiger partial charge in [0, 0.05) is 37.8 Å². The molecule has 0 bridgehead atoms. The van der Waals surface area contributed by atoms with Gasteiger partial charge in [0.15, 0.2) is 11.6 Å². The van der Waals surface area contributed by atoms with Crippen molar-refractivity contribution in [1.29, 1.82) is 5.26 Å². The maximum Gasteiger partial charge on any atom is 0.321 e. The Bertz CT molecular complexity index is 1080. The van der Waals surface area contributed by atoms with Crippen LogP contribution in [-0.2, 0) is 5.41 Å². The van der Waals surface area contributed by atoms with E-state index < -0.39 is 6.17 Å². The molecule has 2 saturated heterocycles. The number of amides is 2. The molecule has 2 aromatic heterocycles. The van der Waals surface area contributed by atoms with Gasteiger partial charge < -0.3 is 19.6 Å². The van der Waals surface area contributed by atoms with Crippen LogP contribution in [0.4, 0.5) is 20.7 Å². The molecule has 3 fully saturated rings. The third-order valence-electron chi connectivity index (χ3n) is 7.35. The van der Waals surface area contributed by atoms with Crippen LogP contribution in [0, 0.1) is 11.3 Å². The quantitative estimate of drug-likeness (QED) is 0.720. The Morgan fingerprint density at radius 3 is 2.59 bits per heavy atom. The largest absolute Gasteiger partial charge is 0.355 e. The molecule has 5 rings (SSSR count). The van der Waals surface area contributed by atoms with Crippen LogP contribution in [0.5, 0.6) is 0 Å². The number of hydrogen-bond donors (Lipinski definition) is 1. The predicted molar refractivity (Wildman–Crippen MR) is 123 cm³/mol. The number of hydrogen-bond acceptors (Lipinski definition) is 7. The maximum atomic E-state index is 13.3. The van der Waals surface area contributed by atoms with Gasteiger partial charge in [-0.25, -0.2) is 14.2 Å². The first kappa shape index (κ1) is 22.6. The SMILES string of the molecule is CC1(c2noc([C@@H]3C[C@@H]3F)n2)CCN(C(=O)Nc2c(C#N)ccnc2N2CCCCCC2)CC1. The second kappa shape index (κ2) is 9.20. The van der Waals surface area contributed by atoms with Gasteiger partial charge in [0.2, 0.25) is 5.89 Å². The molecule has 10 heteroatoms. The summed E-state index contributed by atoms with van der Waals surface area (Å²) in [5.74, 6) is 1.37. The minimum Gasteiger partial charge on any atom is -0.355 e. The average molecular weight is 468 g/mol. The summed E-state index contributed by atoms with van der Waals surface area (Å²) in [4.78, 5) is 26.1. The Morgan fingerprint density at radius 1 is 1.24 bits per heavy atom. The van der Waals surface area contributed by atoms with E-state index in [9.17, 15) is 14.4 Å². The lowest BCUT2D eigenvalue weighted by Crippen LogP contribution is -2.46. The van der Waals surface area contributed by atoms with Gasteiger partial charge in [-0.3, -0.25) is 0 Å². The van der Waals surface area contributed by atoms with Gasteiger partial charge in [-0.1, -0.05) is 24.9 Å². The van der Waals surface area contributed by atoms with Crippen LogP contribution in [0.15, 0.2) is 16.8 Å². The zero-order valence-electron chi connectivity index (χ0n) is 19.5. The minimum absolute atomic E-state index is 0.241. The summed E-state index contributed by atoms with van der Waals surface area (Å²) in [5.41, 5.74) is 0.566. The van der Waals surface area contributed by atoms with E-state index in [4.69, 9.17) is 4.52 Å². The van der Waals surface area contributed by atoms with Gasteiger partial charge in [-0.2, -0.15) is 10.2 Å². The maximum absolute atomic E-state index is 13.3. The van der Waals surface area contributed by atoms with Gasteiger partial charge in [0.05, 0.1) is 11.5 Å². The molecular formula is C24H30FN7O2. The van der Waals surface area contributed by atoms with E-state index in [1.165, 1.54) is 12.8 Å². The highest BCUT2D eigenvalue weighted by atomic mass is 19.1. The van der Waals surface area contributed by atoms with Crippen LogP contribution in [0.1, 0.15) is 75.1 Å². The summed E-state index contributed by atoms with van der Waals surface area (Å²) in [5, 5.41) is 16.8. The normalized spacial score (nSPS) is 24.3. The summed E-state index contributed by atoms with van der Waals surface area (Å²) in [6.45, 7) is 4.82. The molecule has 0 unspecified atom stereocenters. The van der Waals surface area contributed by atoms with Crippen molar-refractivity contribution in [3.8, 4) is 6.07 Å². The highest BCUT2D eigenvalue weighted by molar-refractivity contribution is 5.94. The van der Waals surface area contributed by atoms with E-state index >= 15 is 0 Å². The van der Waals surface area contributed by atoms with Crippen LogP contribution in [0.3, 0.4) is 0 Å². The Morgan fingerprint density at radius 2 is 1.94 bits per heavy atom. The molecule has 2 aliphatic heterocycles. The molecule has 0 radical (unpaired) electrons. The zero-order chi connectivity index (χ0) is 23.7. The van der Waals surface area contributed by atoms with Crippen LogP contribution in [-0.4, -0.2) is 58.4 Å². The van der Waals surface area contributed by atoms with Crippen LogP contribution >= 0.6 is 0 Å². The Kier molecular flexibility index (Phi) is 6.11. The van der Waals surface area contributed by atoms with Crippen molar-refractivity contribution in [2.45, 2.75) is 69.4 Å². The van der Waals surface area contributed by atoms with Gasteiger partial charge in [0.25, 0.3) is 0 Å². The predicted octanol–water partition coefficient (Wildman–Crippen LogP) is 4.13. The number of aromatic nitrogens is 3. The van der Waals surface area contributed by atoms with E-state index in [1.807, 2.05) is 0 Å². The molecule has 34 heavy (non-hydrogen) atoms. The summed E-state index contributed by atoms with van der Waals surface area (Å²) in [6.07, 6.45) is 7.04. The number of carbonyl (C=O) groups is 1. The molecule has 4 heterocycles. The van der Waals surface area contributed by atoms with Crippen LogP contribution in [0.25, 0.3) is 0 Å². The smallest absolute Gasteiger partial charge is 0.321 e. The third kappa shape index (κ3) is 4.43. The second-order valence-electron chi connectivity index (χ2n) is 9.86. The summed E-state index contributed by atoms with van der Waals surface area (Å²) in [6, 6.07) is 3.60. The third-order valence-corrected chi connectivity index (χ3v) is 7.35. The average Bonchev–Trinajstić information content (AvgIpc) is 3.47. The number of rotatable bonds is 4. The molecule has 1 aliphatic carbocycles. The first-order valence-corrected chi connectivity index (χ1v) is 12.2. The summed E-state index contributed by atoms with van der Waals surface area (Å²) >= 11 is 0. The number of anilines is 2. The standard InChI is InChI=1S/C24H30FN7O2/c1-24(22-29-21(34-30-22)17-14-18(17)25)7-12-32(13-8-24)23(33)28-19-16(15-26)6-9-27-20(19)31-10-4-2-3-5-11-31/h6,9,17-18H,2-5,7-8,10-14H2,1H3,(H,28,33)/t17-,18+/m1/s1. The lowest BCUT2D eigenvalue weighted by molar-refractivity contribution is 0.169. The number of nitrogens with one attached hydrogen (secondary N) is 1. The Balaban J connectivity index is 1.27. The van der Waals surface area contributed by atoms with E-state index in [2.05, 4.69) is 38.3 Å². The number of carbonyl (C=O) groups excluding carboxylic acids is 1. The van der Waals surface area contributed by atoms with Crippen molar-refractivity contribution >= 4 is 17.5 Å². The van der Waals surface area contributed by atoms with Gasteiger partial charge in [0.1, 0.15) is 17.9 Å². The molecule has 2 atom stereocenters. The first-order chi connectivity index (χ1) is 16.5. The van der Waals surface area contributed by atoms with Crippen molar-refractivity contribution in [2.24, 2.45) is 0 Å². The Hall–Kier alpha value is -3.22. The molecule has 1 saturated carbocycles. The highest BCUT2D eigenvalue weighted by Gasteiger charge is 2.45. The van der Waals surface area contributed by atoms with Gasteiger partial charge in [-0.05, 0) is 38.2 Å². The molecular weight excluding hydrogens is 437 g/mol. The molecule has 0 spiro atoms. The van der Waals surface area contributed by atoms with Crippen molar-refractivity contribution in [2.75, 3.05) is 36.4 Å². The lowest BCUT2D eigenvalue weighted by atomic mass is 9.80. The van der Waals surface area contributed by atoms with Gasteiger partial charge in [-0.15, -0.1) is 0 Å². The van der Waals surface area contributed by atoms with Crippen molar-refractivity contribution in [3.63, 3.8) is 0 Å². The first-order valence-electron chi connectivity index (χ1n) is 12.2. The fraction of sp³-hybridized carbons (Fsp3) is 0.625. The van der Waals surface area contributed by atoms with Crippen molar-refractivity contribution < 1.29 is 13.7 Å². The van der Waals surface area contributed by atoms with E-state index in [0.29, 0.717) is 61.1 Å². The highest BCUT2D eigenvalue weighted by Crippen LogP contribution is 2.44. The number of alkyl halides is 1. The van der Waals surface area contributed by atoms with Crippen LogP contribution < -0.4 is 10.2 Å². The molecule has 2 amide bonds. The van der Waals surface area contributed by atoms with E-state index in [-0.39, 0.29) is 17.4 Å². The molecule has 3 aliphatic rings. The number of nitrogens with zero attached hydrogens (tertiary/aromatic N) is 6. The van der Waals surface area contributed by atoms with Gasteiger partial charge >= 0.3 is 6.03 Å². The number of likely N-dealkylation sites (tertiary alicyclic amines) is 1. The lowest BCUT2D eigenvalue weighted by Gasteiger charge is -2.37. The Labute approximate surface area is 198 Å². The van der Waals surface area contributed by atoms with Crippen molar-refractivity contribution in [3.05, 3.63) is 29.5 Å². The number of urea groups is 1. The fourth-order valence-electron chi connectivity index (χ4n) is 4.85. The summed E-state index contributed by atoms with van der Waals surface area (Å²) in [7, 11) is 0. The van der Waals surface area contributed by atoms with Crippen LogP contribution in [0.2, 0.25) is 0 Å². The molecule has 1 N–H and O–H groups in total. The van der Waals surface area contributed by atoms with Crippen molar-refractivity contribution in [1.82, 2.24) is 20.0 Å². The molecule has 180 valence electrons. The number of piperidine rings is 1. The summed E-state index contributed by atoms with van der Waals surface area (Å²) < 4.78 is 18.6. The second-order valence-corrected chi connectivity index (χ2v) is 9.86. The molecule has 0 aromatic carbocycles. The topological polar surface area (TPSA) is 111 Å². The minimum atomic E-state index is -0.878. The number of halogens is 1. The monoisotopic (exact) mass is 467 g/mol. The molecule has 9 nitrogen and oxygen atoms in total. The zero-order valence-corrected chi connectivity index (χ0v) is 19.5. The number of pyridine rings is 1. The fourth-order valence-corrected chi connectivity index (χ4v) is 4.85. The molecule has 2 aromatic rings. The number of nitriles is 1. The van der Waals surface area contributed by atoms with E-state index in [0.717, 1.165) is 25.9 Å². The van der Waals surface area contributed by atoms with E-state index in [1.54, 1.807) is 17.2 Å².